The summed E-state index contributed by atoms with van der Waals surface area (Å²) in [5.74, 6) is 0. The fourth-order valence-electron chi connectivity index (χ4n) is 0. The third-order valence-corrected chi connectivity index (χ3v) is 0.516. The first-order valence-corrected chi connectivity index (χ1v) is 1.89. The summed E-state index contributed by atoms with van der Waals surface area (Å²) >= 11 is 0. The zero-order chi connectivity index (χ0) is 5.15. The van der Waals surface area contributed by atoms with Gasteiger partial charge in [-0.1, -0.05) is 5.23 Å². The highest BCUT2D eigenvalue weighted by molar-refractivity contribution is 4.19. The largest absolute Gasteiger partial charge is 0.184 e. The molecule has 0 amide bonds. The molecular formula is C3H10NO2+. The van der Waals surface area contributed by atoms with E-state index in [-0.39, 0.29) is 6.04 Å². The van der Waals surface area contributed by atoms with Crippen LogP contribution in [0.3, 0.4) is 0 Å². The minimum Gasteiger partial charge on any atom is -0.184 e. The highest BCUT2D eigenvalue weighted by atomic mass is 16.8. The van der Waals surface area contributed by atoms with Crippen LogP contribution in [0, 0.1) is 0 Å². The van der Waals surface area contributed by atoms with Crippen LogP contribution in [-0.4, -0.2) is 16.5 Å². The maximum atomic E-state index is 8.10. The van der Waals surface area contributed by atoms with Crippen molar-refractivity contribution in [2.24, 2.45) is 0 Å². The van der Waals surface area contributed by atoms with Gasteiger partial charge in [0.15, 0.2) is 0 Å². The average Bonchev–Trinajstić information content (AvgIpc) is 1.36. The first-order chi connectivity index (χ1) is 2.64. The molecule has 0 aliphatic heterocycles. The van der Waals surface area contributed by atoms with Crippen molar-refractivity contribution in [2.75, 3.05) is 0 Å². The molecule has 0 bridgehead atoms. The van der Waals surface area contributed by atoms with Crippen molar-refractivity contribution in [3.8, 4) is 0 Å². The summed E-state index contributed by atoms with van der Waals surface area (Å²) < 4.78 is 0. The summed E-state index contributed by atoms with van der Waals surface area (Å²) in [6, 6.07) is -0.120. The van der Waals surface area contributed by atoms with Crippen LogP contribution in [0.1, 0.15) is 13.8 Å². The van der Waals surface area contributed by atoms with Gasteiger partial charge in [-0.15, -0.1) is 0 Å². The molecule has 0 aromatic carbocycles. The summed E-state index contributed by atoms with van der Waals surface area (Å²) in [6.07, 6.45) is 0. The highest BCUT2D eigenvalue weighted by Crippen LogP contribution is 1.59. The lowest BCUT2D eigenvalue weighted by Gasteiger charge is -2.01. The minimum absolute atomic E-state index is 0.120. The molecule has 0 fully saturated rings. The van der Waals surface area contributed by atoms with E-state index in [1.165, 1.54) is 0 Å². The Labute approximate surface area is 36.7 Å². The molecule has 3 nitrogen and oxygen atoms in total. The smallest absolute Gasteiger partial charge is 0.144 e. The van der Waals surface area contributed by atoms with Gasteiger partial charge in [0.1, 0.15) is 6.04 Å². The monoisotopic (exact) mass is 92.1 g/mol. The molecule has 0 aromatic heterocycles. The van der Waals surface area contributed by atoms with Crippen molar-refractivity contribution in [2.45, 2.75) is 19.9 Å². The molecule has 0 aliphatic carbocycles. The van der Waals surface area contributed by atoms with Crippen LogP contribution in [0.4, 0.5) is 0 Å². The van der Waals surface area contributed by atoms with Gasteiger partial charge >= 0.3 is 0 Å². The Morgan fingerprint density at radius 2 is 1.50 bits per heavy atom. The second kappa shape index (κ2) is 2.12. The molecule has 0 heterocycles. The summed E-state index contributed by atoms with van der Waals surface area (Å²) in [5.41, 5.74) is 0. The van der Waals surface area contributed by atoms with Crippen molar-refractivity contribution in [3.63, 3.8) is 0 Å². The number of nitrogens with one attached hydrogen (secondary N) is 1. The lowest BCUT2D eigenvalue weighted by atomic mass is 10.4. The molecular weight excluding hydrogens is 82.0 g/mol. The van der Waals surface area contributed by atoms with Crippen LogP contribution in [-0.2, 0) is 0 Å². The Balaban J connectivity index is 2.99. The maximum Gasteiger partial charge on any atom is 0.144 e. The molecule has 0 aromatic rings. The zero-order valence-corrected chi connectivity index (χ0v) is 3.97. The van der Waals surface area contributed by atoms with E-state index in [4.69, 9.17) is 10.4 Å². The van der Waals surface area contributed by atoms with E-state index in [9.17, 15) is 0 Å². The number of hydroxylamine groups is 2. The first-order valence-electron chi connectivity index (χ1n) is 1.89. The molecule has 0 saturated heterocycles. The SMILES string of the molecule is CC(C)[NH+](O)O. The molecule has 3 heteroatoms. The lowest BCUT2D eigenvalue weighted by molar-refractivity contribution is -1.25. The van der Waals surface area contributed by atoms with Crippen molar-refractivity contribution < 1.29 is 15.6 Å². The van der Waals surface area contributed by atoms with Crippen LogP contribution in [0.15, 0.2) is 0 Å². The maximum absolute atomic E-state index is 8.10. The van der Waals surface area contributed by atoms with Crippen LogP contribution in [0.25, 0.3) is 0 Å². The van der Waals surface area contributed by atoms with Crippen molar-refractivity contribution in [1.29, 1.82) is 0 Å². The van der Waals surface area contributed by atoms with E-state index in [0.29, 0.717) is 0 Å². The van der Waals surface area contributed by atoms with E-state index in [1.54, 1.807) is 13.8 Å². The number of hydrogen-bond acceptors (Lipinski definition) is 2. The van der Waals surface area contributed by atoms with Crippen LogP contribution < -0.4 is 5.23 Å². The van der Waals surface area contributed by atoms with E-state index in [0.717, 1.165) is 0 Å². The molecule has 0 radical (unpaired) electrons. The second-order valence-corrected chi connectivity index (χ2v) is 1.51. The van der Waals surface area contributed by atoms with Gasteiger partial charge in [-0.25, -0.2) is 0 Å². The van der Waals surface area contributed by atoms with Gasteiger partial charge in [0.25, 0.3) is 0 Å². The molecule has 38 valence electrons. The average molecular weight is 92.1 g/mol. The molecule has 0 saturated carbocycles. The fraction of sp³-hybridized carbons (Fsp3) is 1.00. The van der Waals surface area contributed by atoms with Gasteiger partial charge in [0, 0.05) is 0 Å². The van der Waals surface area contributed by atoms with Gasteiger partial charge < -0.3 is 0 Å². The fourth-order valence-corrected chi connectivity index (χ4v) is 0. The van der Waals surface area contributed by atoms with Crippen molar-refractivity contribution in [1.82, 2.24) is 0 Å². The quantitative estimate of drug-likeness (QED) is 0.365. The van der Waals surface area contributed by atoms with Gasteiger partial charge in [0.05, 0.1) is 0 Å². The normalized spacial score (nSPS) is 11.0. The third-order valence-electron chi connectivity index (χ3n) is 0.516. The third kappa shape index (κ3) is 2.14. The van der Waals surface area contributed by atoms with Crippen LogP contribution in [0.5, 0.6) is 0 Å². The number of rotatable bonds is 1. The predicted octanol–water partition coefficient (Wildman–Crippen LogP) is -0.942. The summed E-state index contributed by atoms with van der Waals surface area (Å²) in [4.78, 5) is 0. The second-order valence-electron chi connectivity index (χ2n) is 1.51. The number of quaternary nitrogens is 1. The first kappa shape index (κ1) is 5.88. The van der Waals surface area contributed by atoms with Gasteiger partial charge in [-0.3, -0.25) is 0 Å². The lowest BCUT2D eigenvalue weighted by Crippen LogP contribution is -3.10. The molecule has 0 unspecified atom stereocenters. The van der Waals surface area contributed by atoms with E-state index in [2.05, 4.69) is 0 Å². The Kier molecular flexibility index (Phi) is 2.08. The van der Waals surface area contributed by atoms with E-state index < -0.39 is 5.23 Å². The zero-order valence-electron chi connectivity index (χ0n) is 3.97. The van der Waals surface area contributed by atoms with Crippen LogP contribution >= 0.6 is 0 Å². The van der Waals surface area contributed by atoms with Crippen molar-refractivity contribution >= 4 is 0 Å². The highest BCUT2D eigenvalue weighted by Gasteiger charge is 2.01. The summed E-state index contributed by atoms with van der Waals surface area (Å²) in [6.45, 7) is 3.41. The summed E-state index contributed by atoms with van der Waals surface area (Å²) in [5, 5.41) is 15.7. The topological polar surface area (TPSA) is 44.9 Å². The molecule has 3 N–H and O–H groups in total. The number of hydrogen-bond donors (Lipinski definition) is 3. The Bertz CT molecular complexity index is 29.8. The Morgan fingerprint density at radius 1 is 1.33 bits per heavy atom. The van der Waals surface area contributed by atoms with E-state index in [1.807, 2.05) is 0 Å². The summed E-state index contributed by atoms with van der Waals surface area (Å²) in [7, 11) is 0. The predicted molar refractivity (Wildman–Crippen MR) is 19.7 cm³/mol. The minimum atomic E-state index is -0.491. The Hall–Kier alpha value is -0.120. The van der Waals surface area contributed by atoms with Gasteiger partial charge in [-0.05, 0) is 13.8 Å². The van der Waals surface area contributed by atoms with Gasteiger partial charge in [0.2, 0.25) is 0 Å². The molecule has 6 heavy (non-hydrogen) atoms. The van der Waals surface area contributed by atoms with Crippen LogP contribution in [0.2, 0.25) is 0 Å². The molecule has 0 spiro atoms. The van der Waals surface area contributed by atoms with Crippen molar-refractivity contribution in [3.05, 3.63) is 0 Å². The molecule has 0 atom stereocenters. The van der Waals surface area contributed by atoms with Gasteiger partial charge in [-0.2, -0.15) is 10.4 Å². The molecule has 0 aliphatic rings. The molecule has 0 rings (SSSR count). The van der Waals surface area contributed by atoms with E-state index >= 15 is 0 Å². The standard InChI is InChI=1S/C3H9NO2/c1-3(2)4(5)6/h3,5-6H,1-2H3/p+1. The Morgan fingerprint density at radius 3 is 1.50 bits per heavy atom.